The van der Waals surface area contributed by atoms with E-state index >= 15 is 0 Å². The van der Waals surface area contributed by atoms with Gasteiger partial charge in [-0.3, -0.25) is 5.32 Å². The number of nitrogens with two attached hydrogens (primary N) is 1. The van der Waals surface area contributed by atoms with E-state index in [0.29, 0.717) is 18.9 Å². The van der Waals surface area contributed by atoms with E-state index in [2.05, 4.69) is 36.9 Å². The number of hydrogen-bond acceptors (Lipinski definition) is 7. The SMILES string of the molecule is NCCCNc1nc(NC(=O)O)cc2c(-c3ccnc(N4CCNCC4)c3)cccc12. The summed E-state index contributed by atoms with van der Waals surface area (Å²) in [5, 5.41) is 20.1. The average Bonchev–Trinajstić information content (AvgIpc) is 2.79. The highest BCUT2D eigenvalue weighted by Crippen LogP contribution is 2.34. The Bertz CT molecular complexity index is 1070. The number of fused-ring (bicyclic) bond motifs is 1. The van der Waals surface area contributed by atoms with Crippen LogP contribution in [0.1, 0.15) is 6.42 Å². The second-order valence-electron chi connectivity index (χ2n) is 7.40. The minimum atomic E-state index is -1.15. The topological polar surface area (TPSA) is 128 Å². The minimum Gasteiger partial charge on any atom is -0.465 e. The van der Waals surface area contributed by atoms with Gasteiger partial charge in [0.05, 0.1) is 0 Å². The van der Waals surface area contributed by atoms with Crippen LogP contribution in [0.3, 0.4) is 0 Å². The molecular formula is C22H27N7O2. The molecule has 1 amide bonds. The fourth-order valence-electron chi connectivity index (χ4n) is 3.80. The number of pyridine rings is 2. The molecule has 1 aliphatic rings. The lowest BCUT2D eigenvalue weighted by Gasteiger charge is -2.28. The first-order valence-electron chi connectivity index (χ1n) is 10.5. The Balaban J connectivity index is 1.78. The van der Waals surface area contributed by atoms with Gasteiger partial charge < -0.3 is 26.4 Å². The molecule has 162 valence electrons. The Hall–Kier alpha value is -3.43. The zero-order chi connectivity index (χ0) is 21.6. The van der Waals surface area contributed by atoms with Crippen molar-refractivity contribution in [1.29, 1.82) is 0 Å². The van der Waals surface area contributed by atoms with E-state index in [4.69, 9.17) is 5.73 Å². The van der Waals surface area contributed by atoms with Gasteiger partial charge in [0.25, 0.3) is 0 Å². The monoisotopic (exact) mass is 421 g/mol. The van der Waals surface area contributed by atoms with Gasteiger partial charge in [0.1, 0.15) is 17.5 Å². The lowest BCUT2D eigenvalue weighted by molar-refractivity contribution is 0.209. The molecule has 0 unspecified atom stereocenters. The maximum Gasteiger partial charge on any atom is 0.410 e. The average molecular weight is 422 g/mol. The number of carboxylic acid groups (broad SMARTS) is 1. The van der Waals surface area contributed by atoms with Crippen molar-refractivity contribution in [2.75, 3.05) is 54.8 Å². The van der Waals surface area contributed by atoms with E-state index in [9.17, 15) is 9.90 Å². The van der Waals surface area contributed by atoms with E-state index in [1.165, 1.54) is 0 Å². The molecule has 6 N–H and O–H groups in total. The molecular weight excluding hydrogens is 394 g/mol. The Morgan fingerprint density at radius 1 is 1.19 bits per heavy atom. The summed E-state index contributed by atoms with van der Waals surface area (Å²) in [4.78, 5) is 22.5. The summed E-state index contributed by atoms with van der Waals surface area (Å²) in [5.41, 5.74) is 7.63. The molecule has 4 rings (SSSR count). The summed E-state index contributed by atoms with van der Waals surface area (Å²) < 4.78 is 0. The Morgan fingerprint density at radius 3 is 2.81 bits per heavy atom. The standard InChI is InChI=1S/C22H27N7O2/c23-6-2-7-26-21-17-4-1-3-16(18(17)14-19(27-21)28-22(30)31)15-5-8-25-20(13-15)29-11-9-24-10-12-29/h1,3-5,8,13-14,24H,2,6-7,9-12,23H2,(H,30,31)(H2,26,27,28). The third-order valence-corrected chi connectivity index (χ3v) is 5.28. The maximum absolute atomic E-state index is 11.2. The quantitative estimate of drug-likeness (QED) is 0.368. The number of nitrogens with one attached hydrogen (secondary N) is 3. The molecule has 1 aromatic carbocycles. The summed E-state index contributed by atoms with van der Waals surface area (Å²) in [6, 6.07) is 11.9. The van der Waals surface area contributed by atoms with E-state index in [1.807, 2.05) is 30.5 Å². The first-order valence-corrected chi connectivity index (χ1v) is 10.5. The van der Waals surface area contributed by atoms with Crippen LogP contribution in [-0.2, 0) is 0 Å². The van der Waals surface area contributed by atoms with Gasteiger partial charge in [-0.15, -0.1) is 0 Å². The van der Waals surface area contributed by atoms with Crippen LogP contribution < -0.4 is 26.6 Å². The van der Waals surface area contributed by atoms with Gasteiger partial charge in [-0.05, 0) is 47.7 Å². The highest BCUT2D eigenvalue weighted by atomic mass is 16.4. The van der Waals surface area contributed by atoms with Gasteiger partial charge in [0.2, 0.25) is 0 Å². The predicted molar refractivity (Wildman–Crippen MR) is 124 cm³/mol. The van der Waals surface area contributed by atoms with E-state index in [1.54, 1.807) is 6.07 Å². The van der Waals surface area contributed by atoms with Crippen LogP contribution >= 0.6 is 0 Å². The zero-order valence-electron chi connectivity index (χ0n) is 17.3. The Labute approximate surface area is 180 Å². The molecule has 1 saturated heterocycles. The van der Waals surface area contributed by atoms with Crippen LogP contribution in [0.5, 0.6) is 0 Å². The maximum atomic E-state index is 11.2. The molecule has 1 fully saturated rings. The second kappa shape index (κ2) is 9.59. The molecule has 0 saturated carbocycles. The number of benzene rings is 1. The summed E-state index contributed by atoms with van der Waals surface area (Å²) in [7, 11) is 0. The van der Waals surface area contributed by atoms with Gasteiger partial charge in [0, 0.05) is 44.3 Å². The summed E-state index contributed by atoms with van der Waals surface area (Å²) in [6.45, 7) is 4.92. The number of aromatic nitrogens is 2. The fourth-order valence-corrected chi connectivity index (χ4v) is 3.80. The highest BCUT2D eigenvalue weighted by Gasteiger charge is 2.15. The summed E-state index contributed by atoms with van der Waals surface area (Å²) in [6.07, 6.45) is 1.46. The van der Waals surface area contributed by atoms with E-state index < -0.39 is 6.09 Å². The molecule has 1 aliphatic heterocycles. The number of rotatable bonds is 7. The molecule has 0 bridgehead atoms. The molecule has 0 atom stereocenters. The van der Waals surface area contributed by atoms with E-state index in [-0.39, 0.29) is 5.82 Å². The van der Waals surface area contributed by atoms with E-state index in [0.717, 1.165) is 60.3 Å². The lowest BCUT2D eigenvalue weighted by Crippen LogP contribution is -2.43. The number of carbonyl (C=O) groups is 1. The van der Waals surface area contributed by atoms with Crippen LogP contribution in [0.15, 0.2) is 42.6 Å². The van der Waals surface area contributed by atoms with Crippen molar-refractivity contribution < 1.29 is 9.90 Å². The van der Waals surface area contributed by atoms with Crippen molar-refractivity contribution in [2.24, 2.45) is 5.73 Å². The summed E-state index contributed by atoms with van der Waals surface area (Å²) in [5.74, 6) is 1.85. The third kappa shape index (κ3) is 4.84. The van der Waals surface area contributed by atoms with Crippen molar-refractivity contribution in [1.82, 2.24) is 15.3 Å². The number of amides is 1. The molecule has 0 spiro atoms. The molecule has 9 nitrogen and oxygen atoms in total. The van der Waals surface area contributed by atoms with Gasteiger partial charge >= 0.3 is 6.09 Å². The first kappa shape index (κ1) is 20.8. The molecule has 9 heteroatoms. The van der Waals surface area contributed by atoms with Crippen LogP contribution in [0, 0.1) is 0 Å². The molecule has 2 aromatic heterocycles. The predicted octanol–water partition coefficient (Wildman–Crippen LogP) is 2.56. The van der Waals surface area contributed by atoms with Gasteiger partial charge in [-0.25, -0.2) is 14.8 Å². The first-order chi connectivity index (χ1) is 15.2. The summed E-state index contributed by atoms with van der Waals surface area (Å²) >= 11 is 0. The van der Waals surface area contributed by atoms with Crippen LogP contribution in [-0.4, -0.2) is 60.4 Å². The number of hydrogen-bond donors (Lipinski definition) is 5. The molecule has 0 radical (unpaired) electrons. The zero-order valence-corrected chi connectivity index (χ0v) is 17.3. The van der Waals surface area contributed by atoms with Crippen molar-refractivity contribution in [3.8, 4) is 11.1 Å². The molecule has 3 aromatic rings. The lowest BCUT2D eigenvalue weighted by atomic mass is 9.99. The van der Waals surface area contributed by atoms with Crippen LogP contribution in [0.4, 0.5) is 22.2 Å². The fraction of sp³-hybridized carbons (Fsp3) is 0.318. The van der Waals surface area contributed by atoms with Crippen LogP contribution in [0.2, 0.25) is 0 Å². The smallest absolute Gasteiger partial charge is 0.410 e. The largest absolute Gasteiger partial charge is 0.465 e. The number of piperazine rings is 1. The van der Waals surface area contributed by atoms with Crippen molar-refractivity contribution in [3.05, 3.63) is 42.6 Å². The second-order valence-corrected chi connectivity index (χ2v) is 7.40. The van der Waals surface area contributed by atoms with Crippen molar-refractivity contribution in [3.63, 3.8) is 0 Å². The highest BCUT2D eigenvalue weighted by molar-refractivity contribution is 6.04. The molecule has 31 heavy (non-hydrogen) atoms. The van der Waals surface area contributed by atoms with Crippen LogP contribution in [0.25, 0.3) is 21.9 Å². The minimum absolute atomic E-state index is 0.277. The number of anilines is 3. The molecule has 3 heterocycles. The van der Waals surface area contributed by atoms with Gasteiger partial charge in [-0.2, -0.15) is 0 Å². The Kier molecular flexibility index (Phi) is 6.44. The number of nitrogens with zero attached hydrogens (tertiary/aromatic N) is 3. The van der Waals surface area contributed by atoms with Gasteiger partial charge in [0.15, 0.2) is 0 Å². The Morgan fingerprint density at radius 2 is 2.03 bits per heavy atom. The third-order valence-electron chi connectivity index (χ3n) is 5.28. The molecule has 0 aliphatic carbocycles. The van der Waals surface area contributed by atoms with Crippen molar-refractivity contribution in [2.45, 2.75) is 6.42 Å². The van der Waals surface area contributed by atoms with Gasteiger partial charge in [-0.1, -0.05) is 18.2 Å². The normalized spacial score (nSPS) is 13.9. The van der Waals surface area contributed by atoms with Crippen molar-refractivity contribution >= 4 is 34.3 Å².